The molecule has 0 atom stereocenters. The van der Waals surface area contributed by atoms with E-state index in [1.54, 1.807) is 17.2 Å². The number of rotatable bonds is 6. The second kappa shape index (κ2) is 9.27. The lowest BCUT2D eigenvalue weighted by Gasteiger charge is -2.33. The number of nitrogens with zero attached hydrogens (tertiary/aromatic N) is 3. The Balaban J connectivity index is 1.44. The van der Waals surface area contributed by atoms with Gasteiger partial charge in [-0.2, -0.15) is 4.31 Å². The van der Waals surface area contributed by atoms with Gasteiger partial charge < -0.3 is 14.4 Å². The van der Waals surface area contributed by atoms with Gasteiger partial charge in [0.05, 0.1) is 25.3 Å². The minimum absolute atomic E-state index is 0.130. The van der Waals surface area contributed by atoms with Crippen LogP contribution < -0.4 is 9.47 Å². The lowest BCUT2D eigenvalue weighted by atomic mass is 10.2. The van der Waals surface area contributed by atoms with Crippen LogP contribution in [0.5, 0.6) is 11.5 Å². The fourth-order valence-electron chi connectivity index (χ4n) is 3.50. The standard InChI is InChI=1S/C22H23N3O5S2/c1-29-18-9-8-17(14-19(18)30-2)32(27,28)25-12-10-24(11-13-25)22(26)20-15-23-21(31-20)16-6-4-3-5-7-16/h3-9,14-15H,10-13H2,1-2H3. The summed E-state index contributed by atoms with van der Waals surface area (Å²) in [6.45, 7) is 1.05. The van der Waals surface area contributed by atoms with Crippen LogP contribution in [0.25, 0.3) is 10.6 Å². The molecule has 168 valence electrons. The molecule has 1 amide bonds. The second-order valence-corrected chi connectivity index (χ2v) is 10.1. The van der Waals surface area contributed by atoms with Gasteiger partial charge in [0.25, 0.3) is 5.91 Å². The number of ether oxygens (including phenoxy) is 2. The van der Waals surface area contributed by atoms with Gasteiger partial charge in [0.2, 0.25) is 10.0 Å². The number of carbonyl (C=O) groups is 1. The molecule has 2 aromatic carbocycles. The van der Waals surface area contributed by atoms with Crippen molar-refractivity contribution in [1.82, 2.24) is 14.2 Å². The van der Waals surface area contributed by atoms with E-state index in [-0.39, 0.29) is 23.9 Å². The minimum atomic E-state index is -3.72. The number of carbonyl (C=O) groups excluding carboxylic acids is 1. The van der Waals surface area contributed by atoms with Crippen molar-refractivity contribution in [3.8, 4) is 22.1 Å². The zero-order chi connectivity index (χ0) is 22.7. The molecule has 0 N–H and O–H groups in total. The van der Waals surface area contributed by atoms with Crippen molar-refractivity contribution >= 4 is 27.3 Å². The number of benzene rings is 2. The van der Waals surface area contributed by atoms with Crippen molar-refractivity contribution in [2.75, 3.05) is 40.4 Å². The van der Waals surface area contributed by atoms with E-state index in [2.05, 4.69) is 4.98 Å². The van der Waals surface area contributed by atoms with Gasteiger partial charge in [-0.15, -0.1) is 11.3 Å². The molecule has 0 spiro atoms. The summed E-state index contributed by atoms with van der Waals surface area (Å²) in [5.74, 6) is 0.677. The van der Waals surface area contributed by atoms with Crippen molar-refractivity contribution in [2.45, 2.75) is 4.90 Å². The minimum Gasteiger partial charge on any atom is -0.493 e. The zero-order valence-corrected chi connectivity index (χ0v) is 19.4. The molecule has 0 bridgehead atoms. The fourth-order valence-corrected chi connectivity index (χ4v) is 5.83. The SMILES string of the molecule is COc1ccc(S(=O)(=O)N2CCN(C(=O)c3cnc(-c4ccccc4)s3)CC2)cc1OC. The number of sulfonamides is 1. The van der Waals surface area contributed by atoms with Crippen LogP contribution in [-0.2, 0) is 10.0 Å². The Kier molecular flexibility index (Phi) is 6.45. The Morgan fingerprint density at radius 1 is 0.969 bits per heavy atom. The van der Waals surface area contributed by atoms with E-state index in [1.165, 1.54) is 42.0 Å². The lowest BCUT2D eigenvalue weighted by Crippen LogP contribution is -2.50. The molecular weight excluding hydrogens is 450 g/mol. The highest BCUT2D eigenvalue weighted by molar-refractivity contribution is 7.89. The molecule has 8 nitrogen and oxygen atoms in total. The summed E-state index contributed by atoms with van der Waals surface area (Å²) >= 11 is 1.34. The summed E-state index contributed by atoms with van der Waals surface area (Å²) in [6.07, 6.45) is 1.59. The van der Waals surface area contributed by atoms with Crippen molar-refractivity contribution < 1.29 is 22.7 Å². The number of aromatic nitrogens is 1. The third kappa shape index (κ3) is 4.34. The maximum absolute atomic E-state index is 13.1. The summed E-state index contributed by atoms with van der Waals surface area (Å²) in [7, 11) is -0.761. The predicted molar refractivity (Wildman–Crippen MR) is 122 cm³/mol. The third-order valence-corrected chi connectivity index (χ3v) is 8.18. The first-order valence-corrected chi connectivity index (χ1v) is 12.2. The van der Waals surface area contributed by atoms with Gasteiger partial charge >= 0.3 is 0 Å². The first kappa shape index (κ1) is 22.3. The molecule has 4 rings (SSSR count). The summed E-state index contributed by atoms with van der Waals surface area (Å²) in [5, 5.41) is 0.781. The van der Waals surface area contributed by atoms with Gasteiger partial charge in [-0.3, -0.25) is 4.79 Å². The molecule has 0 radical (unpaired) electrons. The zero-order valence-electron chi connectivity index (χ0n) is 17.7. The Morgan fingerprint density at radius 2 is 1.66 bits per heavy atom. The van der Waals surface area contributed by atoms with Crippen molar-refractivity contribution in [3.63, 3.8) is 0 Å². The maximum atomic E-state index is 13.1. The van der Waals surface area contributed by atoms with E-state index >= 15 is 0 Å². The van der Waals surface area contributed by atoms with Gasteiger partial charge in [-0.1, -0.05) is 30.3 Å². The Hall–Kier alpha value is -2.95. The van der Waals surface area contributed by atoms with E-state index < -0.39 is 10.0 Å². The van der Waals surface area contributed by atoms with Crippen LogP contribution in [0.3, 0.4) is 0 Å². The first-order valence-electron chi connectivity index (χ1n) is 9.96. The van der Waals surface area contributed by atoms with Gasteiger partial charge in [-0.25, -0.2) is 13.4 Å². The molecule has 1 saturated heterocycles. The van der Waals surface area contributed by atoms with E-state index in [1.807, 2.05) is 30.3 Å². The van der Waals surface area contributed by atoms with Crippen LogP contribution in [0.1, 0.15) is 9.67 Å². The van der Waals surface area contributed by atoms with Crippen LogP contribution in [0.15, 0.2) is 59.6 Å². The smallest absolute Gasteiger partial charge is 0.265 e. The number of amides is 1. The highest BCUT2D eigenvalue weighted by Gasteiger charge is 2.31. The van der Waals surface area contributed by atoms with Gasteiger partial charge in [-0.05, 0) is 12.1 Å². The van der Waals surface area contributed by atoms with Crippen molar-refractivity contribution in [2.24, 2.45) is 0 Å². The van der Waals surface area contributed by atoms with Crippen LogP contribution in [0, 0.1) is 0 Å². The van der Waals surface area contributed by atoms with Crippen LogP contribution >= 0.6 is 11.3 Å². The second-order valence-electron chi connectivity index (χ2n) is 7.11. The topological polar surface area (TPSA) is 89.0 Å². The molecule has 1 fully saturated rings. The van der Waals surface area contributed by atoms with Gasteiger partial charge in [0, 0.05) is 37.8 Å². The number of methoxy groups -OCH3 is 2. The molecule has 0 aliphatic carbocycles. The largest absolute Gasteiger partial charge is 0.493 e. The average molecular weight is 474 g/mol. The van der Waals surface area contributed by atoms with Crippen LogP contribution in [0.2, 0.25) is 0 Å². The number of thiazole rings is 1. The third-order valence-electron chi connectivity index (χ3n) is 5.26. The van der Waals surface area contributed by atoms with Crippen molar-refractivity contribution in [3.05, 3.63) is 59.6 Å². The first-order chi connectivity index (χ1) is 15.4. The molecular formula is C22H23N3O5S2. The van der Waals surface area contributed by atoms with E-state index in [0.29, 0.717) is 29.5 Å². The summed E-state index contributed by atoms with van der Waals surface area (Å²) < 4.78 is 38.0. The summed E-state index contributed by atoms with van der Waals surface area (Å²) in [6, 6.07) is 14.2. The van der Waals surface area contributed by atoms with Gasteiger partial charge in [0.1, 0.15) is 9.88 Å². The molecule has 1 aromatic heterocycles. The highest BCUT2D eigenvalue weighted by Crippen LogP contribution is 2.31. The van der Waals surface area contributed by atoms with Gasteiger partial charge in [0.15, 0.2) is 11.5 Å². The molecule has 1 aliphatic rings. The molecule has 1 aliphatic heterocycles. The van der Waals surface area contributed by atoms with E-state index in [9.17, 15) is 13.2 Å². The molecule has 0 unspecified atom stereocenters. The highest BCUT2D eigenvalue weighted by atomic mass is 32.2. The molecule has 32 heavy (non-hydrogen) atoms. The number of hydrogen-bond acceptors (Lipinski definition) is 7. The molecule has 10 heteroatoms. The Morgan fingerprint density at radius 3 is 2.31 bits per heavy atom. The average Bonchev–Trinajstić information content (AvgIpc) is 3.34. The number of hydrogen-bond donors (Lipinski definition) is 0. The fraction of sp³-hybridized carbons (Fsp3) is 0.273. The Bertz CT molecular complexity index is 1200. The molecule has 3 aromatic rings. The summed E-state index contributed by atoms with van der Waals surface area (Å²) in [5.41, 5.74) is 0.961. The van der Waals surface area contributed by atoms with E-state index in [0.717, 1.165) is 10.6 Å². The van der Waals surface area contributed by atoms with Crippen molar-refractivity contribution in [1.29, 1.82) is 0 Å². The predicted octanol–water partition coefficient (Wildman–Crippen LogP) is 2.97. The van der Waals surface area contributed by atoms with Crippen LogP contribution in [0.4, 0.5) is 0 Å². The molecule has 2 heterocycles. The maximum Gasteiger partial charge on any atom is 0.265 e. The monoisotopic (exact) mass is 473 g/mol. The number of piperazine rings is 1. The lowest BCUT2D eigenvalue weighted by molar-refractivity contribution is 0.0702. The van der Waals surface area contributed by atoms with Crippen LogP contribution in [-0.4, -0.2) is 68.9 Å². The van der Waals surface area contributed by atoms with E-state index in [4.69, 9.17) is 9.47 Å². The molecule has 0 saturated carbocycles. The quantitative estimate of drug-likeness (QED) is 0.547. The summed E-state index contributed by atoms with van der Waals surface area (Å²) in [4.78, 5) is 19.6. The normalized spacial score (nSPS) is 14.9. The Labute approximate surface area is 191 Å².